The Balaban J connectivity index is 1.41. The Morgan fingerprint density at radius 1 is 1.29 bits per heavy atom. The number of benzene rings is 1. The molecule has 0 amide bonds. The van der Waals surface area contributed by atoms with Gasteiger partial charge in [-0.3, -0.25) is 0 Å². The third-order valence-corrected chi connectivity index (χ3v) is 6.02. The van der Waals surface area contributed by atoms with Gasteiger partial charge in [-0.2, -0.15) is 10.4 Å². The lowest BCUT2D eigenvalue weighted by Gasteiger charge is -2.17. The molecule has 1 aliphatic heterocycles. The van der Waals surface area contributed by atoms with E-state index in [9.17, 15) is 9.18 Å². The number of aryl methyl sites for hydroxylation is 2. The summed E-state index contributed by atoms with van der Waals surface area (Å²) < 4.78 is 21.4. The Bertz CT molecular complexity index is 1230. The molecule has 3 heterocycles. The Labute approximate surface area is 198 Å². The number of ketones is 1. The summed E-state index contributed by atoms with van der Waals surface area (Å²) in [5.41, 5.74) is 3.72. The van der Waals surface area contributed by atoms with E-state index >= 15 is 0 Å². The van der Waals surface area contributed by atoms with Gasteiger partial charge in [-0.05, 0) is 61.4 Å². The molecule has 1 unspecified atom stereocenters. The number of carbonyl (C=O) groups is 1. The van der Waals surface area contributed by atoms with Crippen LogP contribution < -0.4 is 10.1 Å². The van der Waals surface area contributed by atoms with Crippen molar-refractivity contribution in [2.45, 2.75) is 44.9 Å². The molecule has 8 heteroatoms. The number of ether oxygens (including phenoxy) is 1. The average molecular weight is 462 g/mol. The highest BCUT2D eigenvalue weighted by atomic mass is 19.1. The van der Waals surface area contributed by atoms with Crippen LogP contribution in [-0.2, 0) is 31.1 Å². The van der Waals surface area contributed by atoms with Gasteiger partial charge in [0, 0.05) is 38.2 Å². The first-order chi connectivity index (χ1) is 16.4. The van der Waals surface area contributed by atoms with Crippen LogP contribution in [0.25, 0.3) is 0 Å². The summed E-state index contributed by atoms with van der Waals surface area (Å²) in [5.74, 6) is 0.853. The Morgan fingerprint density at radius 2 is 2.15 bits per heavy atom. The van der Waals surface area contributed by atoms with Gasteiger partial charge < -0.3 is 14.8 Å². The summed E-state index contributed by atoms with van der Waals surface area (Å²) in [6, 6.07) is 12.3. The first-order valence-electron chi connectivity index (χ1n) is 11.5. The molecular weight excluding hydrogens is 433 g/mol. The number of anilines is 1. The molecule has 0 bridgehead atoms. The molecule has 34 heavy (non-hydrogen) atoms. The van der Waals surface area contributed by atoms with Gasteiger partial charge in [0.25, 0.3) is 0 Å². The van der Waals surface area contributed by atoms with E-state index in [2.05, 4.69) is 22.5 Å². The van der Waals surface area contributed by atoms with Crippen molar-refractivity contribution in [3.8, 4) is 11.9 Å². The smallest absolute Gasteiger partial charge is 0.211 e. The van der Waals surface area contributed by atoms with Gasteiger partial charge in [-0.15, -0.1) is 0 Å². The second-order valence-corrected chi connectivity index (χ2v) is 8.69. The second-order valence-electron chi connectivity index (χ2n) is 8.69. The molecule has 7 nitrogen and oxygen atoms in total. The monoisotopic (exact) mass is 461 g/mol. The van der Waals surface area contributed by atoms with Crippen molar-refractivity contribution in [1.82, 2.24) is 14.8 Å². The third kappa shape index (κ3) is 5.60. The molecule has 176 valence electrons. The van der Waals surface area contributed by atoms with Gasteiger partial charge in [0.05, 0.1) is 17.9 Å². The molecule has 1 aliphatic rings. The molecule has 1 N–H and O–H groups in total. The number of rotatable bonds is 9. The predicted molar refractivity (Wildman–Crippen MR) is 126 cm³/mol. The van der Waals surface area contributed by atoms with Crippen molar-refractivity contribution in [3.63, 3.8) is 0 Å². The lowest BCUT2D eigenvalue weighted by molar-refractivity contribution is -0.117. The van der Waals surface area contributed by atoms with Crippen LogP contribution in [0.4, 0.5) is 10.2 Å². The van der Waals surface area contributed by atoms with E-state index in [1.807, 2.05) is 19.2 Å². The van der Waals surface area contributed by atoms with Gasteiger partial charge in [-0.25, -0.2) is 14.1 Å². The van der Waals surface area contributed by atoms with Crippen molar-refractivity contribution in [3.05, 3.63) is 70.3 Å². The zero-order valence-electron chi connectivity index (χ0n) is 19.5. The van der Waals surface area contributed by atoms with E-state index in [0.717, 1.165) is 42.2 Å². The summed E-state index contributed by atoms with van der Waals surface area (Å²) in [6.45, 7) is 2.95. The van der Waals surface area contributed by atoms with Gasteiger partial charge >= 0.3 is 0 Å². The van der Waals surface area contributed by atoms with Crippen molar-refractivity contribution < 1.29 is 13.9 Å². The lowest BCUT2D eigenvalue weighted by atomic mass is 9.89. The van der Waals surface area contributed by atoms with Gasteiger partial charge in [0.15, 0.2) is 0 Å². The maximum Gasteiger partial charge on any atom is 0.211 e. The highest BCUT2D eigenvalue weighted by Gasteiger charge is 2.19. The largest absolute Gasteiger partial charge is 0.477 e. The maximum absolute atomic E-state index is 13.8. The summed E-state index contributed by atoms with van der Waals surface area (Å²) in [4.78, 5) is 16.6. The van der Waals surface area contributed by atoms with E-state index in [0.29, 0.717) is 25.3 Å². The molecule has 1 atom stereocenters. The highest BCUT2D eigenvalue weighted by Crippen LogP contribution is 2.27. The minimum atomic E-state index is -0.564. The molecular formula is C26H28FN5O2. The average Bonchev–Trinajstić information content (AvgIpc) is 3.17. The van der Waals surface area contributed by atoms with Crippen LogP contribution in [0.3, 0.4) is 0 Å². The number of nitrogens with one attached hydrogen (secondary N) is 1. The third-order valence-electron chi connectivity index (χ3n) is 6.02. The van der Waals surface area contributed by atoms with E-state index < -0.39 is 5.82 Å². The number of nitriles is 1. The fraction of sp³-hybridized carbons (Fsp3) is 0.385. The molecule has 2 aromatic heterocycles. The number of halogens is 1. The summed E-state index contributed by atoms with van der Waals surface area (Å²) >= 11 is 0. The van der Waals surface area contributed by atoms with Gasteiger partial charge in [-0.1, -0.05) is 12.1 Å². The summed E-state index contributed by atoms with van der Waals surface area (Å²) in [5, 5.41) is 17.1. The van der Waals surface area contributed by atoms with Crippen molar-refractivity contribution in [1.29, 1.82) is 5.26 Å². The summed E-state index contributed by atoms with van der Waals surface area (Å²) in [6.07, 6.45) is 3.62. The summed E-state index contributed by atoms with van der Waals surface area (Å²) in [7, 11) is 1.81. The lowest BCUT2D eigenvalue weighted by Crippen LogP contribution is -2.14. The fourth-order valence-electron chi connectivity index (χ4n) is 4.30. The Kier molecular flexibility index (Phi) is 7.21. The number of pyridine rings is 1. The van der Waals surface area contributed by atoms with Crippen LogP contribution in [0.5, 0.6) is 5.88 Å². The first-order valence-corrected chi connectivity index (χ1v) is 11.5. The topological polar surface area (TPSA) is 92.8 Å². The van der Waals surface area contributed by atoms with Crippen molar-refractivity contribution >= 4 is 11.6 Å². The van der Waals surface area contributed by atoms with Gasteiger partial charge in [0.2, 0.25) is 5.88 Å². The van der Waals surface area contributed by atoms with Crippen LogP contribution in [0, 0.1) is 17.1 Å². The van der Waals surface area contributed by atoms with Gasteiger partial charge in [0.1, 0.15) is 23.5 Å². The zero-order valence-corrected chi connectivity index (χ0v) is 19.5. The molecule has 0 spiro atoms. The SMILES string of the molecule is CC(=O)CC(Cc1cc(OCCc2ccc3c(n2)NCCC3)n(C)n1)c1ccc(F)c(C#N)c1. The Morgan fingerprint density at radius 3 is 2.94 bits per heavy atom. The van der Waals surface area contributed by atoms with E-state index in [1.54, 1.807) is 10.7 Å². The fourth-order valence-corrected chi connectivity index (χ4v) is 4.30. The number of hydrogen-bond acceptors (Lipinski definition) is 6. The van der Waals surface area contributed by atoms with Crippen LogP contribution in [0.15, 0.2) is 36.4 Å². The minimum absolute atomic E-state index is 0.0206. The number of hydrogen-bond donors (Lipinski definition) is 1. The molecule has 4 rings (SSSR count). The second kappa shape index (κ2) is 10.5. The highest BCUT2D eigenvalue weighted by molar-refractivity contribution is 5.76. The standard InChI is InChI=1S/C26H28FN5O2/c1-17(33)12-20(19-6-8-24(27)21(13-19)16-28)14-23-15-25(32(2)31-23)34-11-9-22-7-5-18-4-3-10-29-26(18)30-22/h5-8,13,15,20H,3-4,9-12,14H2,1-2H3,(H,29,30). The minimum Gasteiger partial charge on any atom is -0.477 e. The maximum atomic E-state index is 13.8. The number of fused-ring (bicyclic) bond motifs is 1. The quantitative estimate of drug-likeness (QED) is 0.516. The van der Waals surface area contributed by atoms with Crippen molar-refractivity contribution in [2.24, 2.45) is 7.05 Å². The molecule has 0 fully saturated rings. The molecule has 0 radical (unpaired) electrons. The van der Waals surface area contributed by atoms with E-state index in [1.165, 1.54) is 24.6 Å². The molecule has 0 saturated carbocycles. The first kappa shape index (κ1) is 23.4. The number of Topliss-reactive ketones (excluding diaryl/α,β-unsaturated/α-hetero) is 1. The van der Waals surface area contributed by atoms with E-state index in [-0.39, 0.29) is 23.7 Å². The molecule has 0 saturated heterocycles. The normalized spacial score (nSPS) is 13.5. The van der Waals surface area contributed by atoms with Crippen LogP contribution >= 0.6 is 0 Å². The van der Waals surface area contributed by atoms with Crippen molar-refractivity contribution in [2.75, 3.05) is 18.5 Å². The van der Waals surface area contributed by atoms with Crippen LogP contribution in [0.1, 0.15) is 53.8 Å². The number of carbonyl (C=O) groups excluding carboxylic acids is 1. The molecule has 1 aromatic carbocycles. The predicted octanol–water partition coefficient (Wildman–Crippen LogP) is 4.11. The number of nitrogens with zero attached hydrogens (tertiary/aromatic N) is 4. The van der Waals surface area contributed by atoms with E-state index in [4.69, 9.17) is 15.0 Å². The zero-order chi connectivity index (χ0) is 24.1. The molecule has 0 aliphatic carbocycles. The van der Waals surface area contributed by atoms with Crippen LogP contribution in [0.2, 0.25) is 0 Å². The van der Waals surface area contributed by atoms with Crippen LogP contribution in [-0.4, -0.2) is 33.7 Å². The molecule has 3 aromatic rings. The number of aromatic nitrogens is 3. The Hall–Kier alpha value is -3.73.